The number of carbonyl (C=O) groups excluding carboxylic acids is 4. The molecule has 29 heteroatoms. The van der Waals surface area contributed by atoms with Crippen LogP contribution < -0.4 is 0 Å². The fraction of sp³-hybridized carbons (Fsp3) is 0.781. The minimum atomic E-state index is -2.91. The summed E-state index contributed by atoms with van der Waals surface area (Å²) in [6, 6.07) is 2.65. The summed E-state index contributed by atoms with van der Waals surface area (Å²) in [6.07, 6.45) is -12.9. The molecule has 0 amide bonds. The van der Waals surface area contributed by atoms with E-state index in [1.54, 1.807) is 61.5 Å². The van der Waals surface area contributed by atoms with Crippen LogP contribution >= 0.6 is 0 Å². The van der Waals surface area contributed by atoms with Crippen molar-refractivity contribution in [2.24, 2.45) is 0 Å². The molecule has 1 saturated carbocycles. The number of aliphatic hydroxyl groups excluding tert-OH is 5. The lowest BCUT2D eigenvalue weighted by Gasteiger charge is -2.53. The molecular weight excluding hydrogens is 1340 g/mol. The van der Waals surface area contributed by atoms with Crippen molar-refractivity contribution in [3.05, 3.63) is 64.3 Å². The maximum atomic E-state index is 14.7. The predicted molar refractivity (Wildman–Crippen MR) is 348 cm³/mol. The molecular formula is C73H102O29. The number of fused-ring (bicyclic) bond motifs is 3. The number of ketones is 4. The Morgan fingerprint density at radius 2 is 0.961 bits per heavy atom. The maximum Gasteiger partial charge on any atom is 0.198 e. The molecule has 1 aromatic carbocycles. The van der Waals surface area contributed by atoms with Gasteiger partial charge in [-0.1, -0.05) is 12.1 Å². The first-order valence-corrected chi connectivity index (χ1v) is 36.5. The highest BCUT2D eigenvalue weighted by atomic mass is 16.8. The van der Waals surface area contributed by atoms with Gasteiger partial charge in [-0.15, -0.1) is 0 Å². The number of aliphatic hydroxyl groups is 7. The number of phenols is 1. The van der Waals surface area contributed by atoms with Gasteiger partial charge in [0.2, 0.25) is 0 Å². The first-order chi connectivity index (χ1) is 48.4. The number of hydrogen-bond acceptors (Lipinski definition) is 29. The Kier molecular flexibility index (Phi) is 22.8. The maximum absolute atomic E-state index is 14.7. The number of hydrogen-bond donors (Lipinski definition) is 8. The van der Waals surface area contributed by atoms with Crippen molar-refractivity contribution in [2.45, 2.75) is 361 Å². The molecule has 12 aliphatic rings. The van der Waals surface area contributed by atoms with Crippen LogP contribution in [-0.4, -0.2) is 259 Å². The lowest BCUT2D eigenvalue weighted by atomic mass is 9.57. The third-order valence-electron chi connectivity index (χ3n) is 22.6. The second kappa shape index (κ2) is 30.5. The van der Waals surface area contributed by atoms with E-state index in [4.69, 9.17) is 80.5 Å². The van der Waals surface area contributed by atoms with Crippen molar-refractivity contribution in [1.82, 2.24) is 0 Å². The smallest absolute Gasteiger partial charge is 0.198 e. The van der Waals surface area contributed by atoms with Crippen molar-refractivity contribution in [1.29, 1.82) is 0 Å². The van der Waals surface area contributed by atoms with Gasteiger partial charge in [-0.05, 0) is 119 Å². The zero-order chi connectivity index (χ0) is 72.8. The Morgan fingerprint density at radius 1 is 0.471 bits per heavy atom. The lowest BCUT2D eigenvalue weighted by Crippen LogP contribution is -2.69. The molecule has 8 N–H and O–H groups in total. The normalized spacial score (nSPS) is 48.0. The standard InChI is InChI=1S/C73H102O29/c1-31-43(74)13-18-54(87-31)95-47-16-21-57(90-33(47)3)100-70-39(9)94-59(26-46(70)77)101-69-38(8)86-50(25-45(69)76)40-11-12-41-62(66(40)81)67(82)42-23-24-72(84)30-71(10,29-53(78)73(72,85)63(42)68(41)83)102-58-22-17-49(35(5)91-58)97-61-28-52(65(80)37(7)93-61)99-56-20-15-48(34(4)89-56)96-60-27-51(64(79)36(6)92-60)98-55-19-14-44(75)32(2)88-55/h11-13,18,23-24,31-39,44-52,54-61,64-65,69-70,75-77,79-81,84-85H,14-17,19-22,25-30H2,1-10H3/t31-,32-,33-,34-,35-,36+,37+,38+,39-,44-,45+,46-,47-,48-,49-,50+,51+,52+,54-,55-,56-,57-,58-,59-,60-,61-,64+,65+,69+,70+,71-,72-,73-/m0/s1. The van der Waals surface area contributed by atoms with Gasteiger partial charge in [0.25, 0.3) is 0 Å². The number of carbonyl (C=O) groups is 4. The summed E-state index contributed by atoms with van der Waals surface area (Å²) in [6.45, 7) is 17.4. The molecule has 33 atom stereocenters. The molecule has 102 heavy (non-hydrogen) atoms. The van der Waals surface area contributed by atoms with Gasteiger partial charge in [-0.25, -0.2) is 0 Å². The Hall–Kier alpha value is -4.04. The van der Waals surface area contributed by atoms with E-state index in [1.165, 1.54) is 24.3 Å². The topological polar surface area (TPSA) is 387 Å². The average Bonchev–Trinajstić information content (AvgIpc) is 0.687. The molecule has 9 aliphatic heterocycles. The number of Topliss-reactive ketones (excluding diaryl/α,β-unsaturated/α-hetero) is 3. The van der Waals surface area contributed by atoms with Gasteiger partial charge < -0.3 is 121 Å². The third-order valence-corrected chi connectivity index (χ3v) is 22.6. The Morgan fingerprint density at radius 3 is 1.53 bits per heavy atom. The number of benzene rings is 1. The van der Waals surface area contributed by atoms with E-state index in [9.17, 15) is 60.0 Å². The van der Waals surface area contributed by atoms with E-state index in [0.29, 0.717) is 44.9 Å². The zero-order valence-corrected chi connectivity index (χ0v) is 59.3. The highest BCUT2D eigenvalue weighted by Crippen LogP contribution is 2.54. The fourth-order valence-corrected chi connectivity index (χ4v) is 16.8. The largest absolute Gasteiger partial charge is 0.507 e. The summed E-state index contributed by atoms with van der Waals surface area (Å²) in [7, 11) is 0. The van der Waals surface area contributed by atoms with Crippen LogP contribution in [0.4, 0.5) is 0 Å². The van der Waals surface area contributed by atoms with E-state index in [2.05, 4.69) is 0 Å². The first-order valence-electron chi connectivity index (χ1n) is 36.5. The summed E-state index contributed by atoms with van der Waals surface area (Å²) >= 11 is 0. The Balaban J connectivity index is 0.570. The second-order valence-corrected chi connectivity index (χ2v) is 30.3. The summed E-state index contributed by atoms with van der Waals surface area (Å²) in [5, 5.41) is 92.3. The molecule has 0 radical (unpaired) electrons. The SMILES string of the molecule is C[C@@H]1O[C@@H](O[C@H]2CC[C@H](O[C@@H]3[C@H](C)O[C@@H](O[C@H]4[C@H](O)C[C@H](c5ccc6c(c5O)C(=O)C5=C(C6=O)[C@@]6(O)C(=O)C[C@](C)(O[C@H]7CC[C@H](O[C@H]8C[C@@H](O[C@H]9CC[C@H](O[C@H]%10C[C@@H](O[C@H]%11CC[C@H](O)[C@H](C)O%11)[C@H](O)[C@@H](C)O%10)[C@H](C)O9)[C@H](O)[C@@H](C)O8)[C@H](C)O7)C[C@@]6(O)C=C5)O[C@@H]4C)C[C@@H]3O)O[C@H]2C)C=CC1=O. The highest BCUT2D eigenvalue weighted by Gasteiger charge is 2.67. The van der Waals surface area contributed by atoms with Crippen LogP contribution in [-0.2, 0) is 90.1 Å². The van der Waals surface area contributed by atoms with Gasteiger partial charge in [-0.2, -0.15) is 0 Å². The van der Waals surface area contributed by atoms with Crippen LogP contribution in [0.5, 0.6) is 5.75 Å². The van der Waals surface area contributed by atoms with Gasteiger partial charge in [0.1, 0.15) is 41.9 Å². The summed E-state index contributed by atoms with van der Waals surface area (Å²) in [5.74, 6) is -3.59. The first kappa shape index (κ1) is 76.2. The molecule has 13 rings (SSSR count). The average molecular weight is 1440 g/mol. The van der Waals surface area contributed by atoms with Crippen LogP contribution in [0.3, 0.4) is 0 Å². The van der Waals surface area contributed by atoms with E-state index >= 15 is 0 Å². The molecule has 1 aromatic rings. The zero-order valence-electron chi connectivity index (χ0n) is 59.3. The van der Waals surface area contributed by atoms with Crippen LogP contribution in [0.1, 0.15) is 192 Å². The molecule has 0 bridgehead atoms. The van der Waals surface area contributed by atoms with Crippen molar-refractivity contribution < 1.29 is 141 Å². The van der Waals surface area contributed by atoms with Gasteiger partial charge in [-0.3, -0.25) is 19.2 Å². The predicted octanol–water partition coefficient (Wildman–Crippen LogP) is 3.96. The molecule has 9 fully saturated rings. The van der Waals surface area contributed by atoms with Crippen LogP contribution in [0, 0.1) is 0 Å². The summed E-state index contributed by atoms with van der Waals surface area (Å²) < 4.78 is 106. The molecule has 0 aromatic heterocycles. The Labute approximate surface area is 592 Å². The van der Waals surface area contributed by atoms with Gasteiger partial charge in [0.15, 0.2) is 79.1 Å². The minimum absolute atomic E-state index is 0.0169. The van der Waals surface area contributed by atoms with Crippen LogP contribution in [0.25, 0.3) is 0 Å². The number of allylic oxidation sites excluding steroid dienone is 2. The van der Waals surface area contributed by atoms with E-state index in [-0.39, 0.29) is 61.2 Å². The molecule has 9 heterocycles. The Bertz CT molecular complexity index is 3280. The monoisotopic (exact) mass is 1440 g/mol. The molecule has 8 saturated heterocycles. The lowest BCUT2D eigenvalue weighted by molar-refractivity contribution is -0.333. The highest BCUT2D eigenvalue weighted by molar-refractivity contribution is 6.32. The molecule has 29 nitrogen and oxygen atoms in total. The number of aromatic hydroxyl groups is 1. The molecule has 3 aliphatic carbocycles. The van der Waals surface area contributed by atoms with Crippen molar-refractivity contribution >= 4 is 23.1 Å². The molecule has 0 unspecified atom stereocenters. The van der Waals surface area contributed by atoms with Gasteiger partial charge in [0, 0.05) is 80.9 Å². The molecule has 0 spiro atoms. The number of ether oxygens (including phenoxy) is 17. The van der Waals surface area contributed by atoms with Crippen molar-refractivity contribution in [3.63, 3.8) is 0 Å². The third kappa shape index (κ3) is 15.4. The summed E-state index contributed by atoms with van der Waals surface area (Å²) in [4.78, 5) is 55.8. The second-order valence-electron chi connectivity index (χ2n) is 30.3. The number of rotatable bonds is 17. The van der Waals surface area contributed by atoms with Crippen LogP contribution in [0.2, 0.25) is 0 Å². The van der Waals surface area contributed by atoms with Crippen LogP contribution in [0.15, 0.2) is 47.6 Å². The van der Waals surface area contributed by atoms with Crippen molar-refractivity contribution in [3.8, 4) is 5.75 Å². The van der Waals surface area contributed by atoms with Gasteiger partial charge in [0.05, 0.1) is 121 Å². The quantitative estimate of drug-likeness (QED) is 0.109. The van der Waals surface area contributed by atoms with E-state index in [0.717, 1.165) is 6.08 Å². The van der Waals surface area contributed by atoms with E-state index < -0.39 is 242 Å². The molecule has 568 valence electrons. The number of phenolic OH excluding ortho intramolecular Hbond substituents is 1. The fourth-order valence-electron chi connectivity index (χ4n) is 16.8. The van der Waals surface area contributed by atoms with E-state index in [1.807, 2.05) is 13.8 Å². The van der Waals surface area contributed by atoms with Gasteiger partial charge >= 0.3 is 0 Å². The minimum Gasteiger partial charge on any atom is -0.507 e. The summed E-state index contributed by atoms with van der Waals surface area (Å²) in [5.41, 5.74) is -8.51. The van der Waals surface area contributed by atoms with Crippen molar-refractivity contribution in [2.75, 3.05) is 0 Å².